The topological polar surface area (TPSA) is 32.3 Å². The number of aliphatic hydroxyl groups is 1. The van der Waals surface area contributed by atoms with Crippen molar-refractivity contribution in [1.82, 2.24) is 5.32 Å². The SMILES string of the molecule is OCC(CCNC1CCC1)C1CC1. The molecule has 2 nitrogen and oxygen atoms in total. The highest BCUT2D eigenvalue weighted by atomic mass is 16.3. The lowest BCUT2D eigenvalue weighted by atomic mass is 9.92. The molecule has 0 aromatic heterocycles. The predicted octanol–water partition coefficient (Wildman–Crippen LogP) is 1.54. The molecule has 0 radical (unpaired) electrons. The van der Waals surface area contributed by atoms with Gasteiger partial charge in [0.15, 0.2) is 0 Å². The van der Waals surface area contributed by atoms with Crippen molar-refractivity contribution in [2.24, 2.45) is 11.8 Å². The molecule has 2 rings (SSSR count). The van der Waals surface area contributed by atoms with Crippen LogP contribution in [0.15, 0.2) is 0 Å². The van der Waals surface area contributed by atoms with E-state index in [1.165, 1.54) is 38.5 Å². The van der Waals surface area contributed by atoms with Crippen molar-refractivity contribution in [2.75, 3.05) is 13.2 Å². The first kappa shape index (κ1) is 9.47. The molecule has 2 saturated carbocycles. The van der Waals surface area contributed by atoms with Crippen molar-refractivity contribution in [3.63, 3.8) is 0 Å². The molecule has 76 valence electrons. The second kappa shape index (κ2) is 4.43. The summed E-state index contributed by atoms with van der Waals surface area (Å²) in [4.78, 5) is 0. The standard InChI is InChI=1S/C11H21NO/c13-8-10(9-4-5-9)6-7-12-11-2-1-3-11/h9-13H,1-8H2. The monoisotopic (exact) mass is 183 g/mol. The van der Waals surface area contributed by atoms with Gasteiger partial charge in [0.1, 0.15) is 0 Å². The minimum Gasteiger partial charge on any atom is -0.396 e. The maximum atomic E-state index is 9.15. The normalized spacial score (nSPS) is 25.6. The van der Waals surface area contributed by atoms with E-state index in [4.69, 9.17) is 5.11 Å². The minimum absolute atomic E-state index is 0.400. The van der Waals surface area contributed by atoms with Gasteiger partial charge in [-0.2, -0.15) is 0 Å². The van der Waals surface area contributed by atoms with Gasteiger partial charge in [0.05, 0.1) is 0 Å². The zero-order chi connectivity index (χ0) is 9.10. The van der Waals surface area contributed by atoms with Crippen LogP contribution in [0.25, 0.3) is 0 Å². The van der Waals surface area contributed by atoms with Crippen molar-refractivity contribution in [3.8, 4) is 0 Å². The van der Waals surface area contributed by atoms with Gasteiger partial charge in [-0.15, -0.1) is 0 Å². The summed E-state index contributed by atoms with van der Waals surface area (Å²) < 4.78 is 0. The molecular formula is C11H21NO. The molecule has 2 heteroatoms. The van der Waals surface area contributed by atoms with Crippen LogP contribution in [0, 0.1) is 11.8 Å². The van der Waals surface area contributed by atoms with Crippen LogP contribution in [0.3, 0.4) is 0 Å². The third kappa shape index (κ3) is 2.68. The Kier molecular flexibility index (Phi) is 3.23. The van der Waals surface area contributed by atoms with E-state index in [1.807, 2.05) is 0 Å². The number of aliphatic hydroxyl groups excluding tert-OH is 1. The number of nitrogens with one attached hydrogen (secondary N) is 1. The summed E-state index contributed by atoms with van der Waals surface area (Å²) >= 11 is 0. The van der Waals surface area contributed by atoms with Gasteiger partial charge in [-0.25, -0.2) is 0 Å². The molecule has 2 fully saturated rings. The van der Waals surface area contributed by atoms with Crippen LogP contribution in [0.5, 0.6) is 0 Å². The molecule has 0 amide bonds. The van der Waals surface area contributed by atoms with Crippen LogP contribution >= 0.6 is 0 Å². The van der Waals surface area contributed by atoms with Crippen LogP contribution in [0.4, 0.5) is 0 Å². The smallest absolute Gasteiger partial charge is 0.0462 e. The van der Waals surface area contributed by atoms with Gasteiger partial charge in [-0.05, 0) is 50.5 Å². The Morgan fingerprint density at radius 3 is 2.46 bits per heavy atom. The summed E-state index contributed by atoms with van der Waals surface area (Å²) in [6, 6.07) is 0.804. The highest BCUT2D eigenvalue weighted by Crippen LogP contribution is 2.38. The largest absolute Gasteiger partial charge is 0.396 e. The molecule has 2 N–H and O–H groups in total. The number of rotatable bonds is 6. The highest BCUT2D eigenvalue weighted by Gasteiger charge is 2.30. The lowest BCUT2D eigenvalue weighted by Crippen LogP contribution is -2.36. The Morgan fingerprint density at radius 1 is 1.23 bits per heavy atom. The number of hydrogen-bond donors (Lipinski definition) is 2. The fraction of sp³-hybridized carbons (Fsp3) is 1.00. The van der Waals surface area contributed by atoms with Gasteiger partial charge in [-0.1, -0.05) is 6.42 Å². The quantitative estimate of drug-likeness (QED) is 0.654. The van der Waals surface area contributed by atoms with Gasteiger partial charge in [0.25, 0.3) is 0 Å². The molecule has 0 aliphatic heterocycles. The Bertz CT molecular complexity index is 152. The Labute approximate surface area is 80.7 Å². The summed E-state index contributed by atoms with van der Waals surface area (Å²) in [5, 5.41) is 12.7. The molecule has 0 aromatic rings. The van der Waals surface area contributed by atoms with Crippen molar-refractivity contribution in [2.45, 2.75) is 44.6 Å². The maximum absolute atomic E-state index is 9.15. The molecule has 13 heavy (non-hydrogen) atoms. The summed E-state index contributed by atoms with van der Waals surface area (Å²) in [5.74, 6) is 1.45. The fourth-order valence-corrected chi connectivity index (χ4v) is 2.13. The summed E-state index contributed by atoms with van der Waals surface area (Å²) in [5.41, 5.74) is 0. The zero-order valence-electron chi connectivity index (χ0n) is 8.34. The number of hydrogen-bond acceptors (Lipinski definition) is 2. The molecular weight excluding hydrogens is 162 g/mol. The predicted molar refractivity (Wildman–Crippen MR) is 53.6 cm³/mol. The molecule has 2 aliphatic rings. The summed E-state index contributed by atoms with van der Waals surface area (Å²) in [6.07, 6.45) is 8.03. The van der Waals surface area contributed by atoms with E-state index in [0.717, 1.165) is 18.5 Å². The van der Waals surface area contributed by atoms with E-state index >= 15 is 0 Å². The van der Waals surface area contributed by atoms with E-state index in [1.54, 1.807) is 0 Å². The second-order valence-corrected chi connectivity index (χ2v) is 4.65. The zero-order valence-corrected chi connectivity index (χ0v) is 8.34. The van der Waals surface area contributed by atoms with Crippen LogP contribution in [-0.4, -0.2) is 24.3 Å². The van der Waals surface area contributed by atoms with E-state index in [0.29, 0.717) is 12.5 Å². The first-order chi connectivity index (χ1) is 6.40. The average Bonchev–Trinajstić information content (AvgIpc) is 2.84. The lowest BCUT2D eigenvalue weighted by molar-refractivity contribution is 0.197. The first-order valence-electron chi connectivity index (χ1n) is 5.74. The molecule has 1 atom stereocenters. The molecule has 0 heterocycles. The highest BCUT2D eigenvalue weighted by molar-refractivity contribution is 4.82. The van der Waals surface area contributed by atoms with E-state index < -0.39 is 0 Å². The molecule has 0 bridgehead atoms. The van der Waals surface area contributed by atoms with Gasteiger partial charge >= 0.3 is 0 Å². The van der Waals surface area contributed by atoms with Crippen LogP contribution < -0.4 is 5.32 Å². The van der Waals surface area contributed by atoms with Gasteiger partial charge in [-0.3, -0.25) is 0 Å². The van der Waals surface area contributed by atoms with Crippen LogP contribution in [-0.2, 0) is 0 Å². The van der Waals surface area contributed by atoms with Gasteiger partial charge in [0.2, 0.25) is 0 Å². The minimum atomic E-state index is 0.400. The molecule has 0 spiro atoms. The Morgan fingerprint density at radius 2 is 2.00 bits per heavy atom. The average molecular weight is 183 g/mol. The molecule has 0 aromatic carbocycles. The van der Waals surface area contributed by atoms with Crippen molar-refractivity contribution < 1.29 is 5.11 Å². The first-order valence-corrected chi connectivity index (χ1v) is 5.74. The van der Waals surface area contributed by atoms with Crippen molar-refractivity contribution >= 4 is 0 Å². The van der Waals surface area contributed by atoms with Crippen LogP contribution in [0.2, 0.25) is 0 Å². The second-order valence-electron chi connectivity index (χ2n) is 4.65. The van der Waals surface area contributed by atoms with E-state index in [-0.39, 0.29) is 0 Å². The summed E-state index contributed by atoms with van der Waals surface area (Å²) in [7, 11) is 0. The van der Waals surface area contributed by atoms with Crippen LogP contribution in [0.1, 0.15) is 38.5 Å². The van der Waals surface area contributed by atoms with Gasteiger partial charge < -0.3 is 10.4 Å². The molecule has 1 unspecified atom stereocenters. The third-order valence-corrected chi connectivity index (χ3v) is 3.58. The van der Waals surface area contributed by atoms with Crippen molar-refractivity contribution in [3.05, 3.63) is 0 Å². The fourth-order valence-electron chi connectivity index (χ4n) is 2.13. The van der Waals surface area contributed by atoms with E-state index in [9.17, 15) is 0 Å². The Balaban J connectivity index is 1.54. The third-order valence-electron chi connectivity index (χ3n) is 3.58. The van der Waals surface area contributed by atoms with Gasteiger partial charge in [0, 0.05) is 12.6 Å². The van der Waals surface area contributed by atoms with Crippen molar-refractivity contribution in [1.29, 1.82) is 0 Å². The van der Waals surface area contributed by atoms with E-state index in [2.05, 4.69) is 5.32 Å². The molecule has 0 saturated heterocycles. The Hall–Kier alpha value is -0.0800. The maximum Gasteiger partial charge on any atom is 0.0462 e. The summed E-state index contributed by atoms with van der Waals surface area (Å²) in [6.45, 7) is 1.52. The molecule has 2 aliphatic carbocycles. The lowest BCUT2D eigenvalue weighted by Gasteiger charge is -2.27.